The quantitative estimate of drug-likeness (QED) is 0.881. The van der Waals surface area contributed by atoms with Crippen molar-refractivity contribution in [2.75, 3.05) is 11.9 Å². The lowest BCUT2D eigenvalue weighted by atomic mass is 9.81. The van der Waals surface area contributed by atoms with Crippen LogP contribution in [0.3, 0.4) is 0 Å². The fourth-order valence-corrected chi connectivity index (χ4v) is 2.85. The Morgan fingerprint density at radius 2 is 2.11 bits per heavy atom. The molecule has 100 valence electrons. The van der Waals surface area contributed by atoms with E-state index in [0.717, 1.165) is 35.6 Å². The van der Waals surface area contributed by atoms with Gasteiger partial charge in [0.1, 0.15) is 5.82 Å². The Morgan fingerprint density at radius 1 is 1.28 bits per heavy atom. The van der Waals surface area contributed by atoms with Crippen molar-refractivity contribution in [2.45, 2.75) is 52.9 Å². The first-order valence-corrected chi connectivity index (χ1v) is 7.19. The first kappa shape index (κ1) is 13.3. The highest BCUT2D eigenvalue weighted by Gasteiger charge is 2.18. The molecule has 1 saturated carbocycles. The SMILES string of the molecule is Cc1ncc(NCCC2CCCC(C)C2)nc1C. The molecule has 1 N–H and O–H groups in total. The van der Waals surface area contributed by atoms with Gasteiger partial charge in [-0.1, -0.05) is 26.2 Å². The second-order valence-corrected chi connectivity index (χ2v) is 5.78. The van der Waals surface area contributed by atoms with Crippen molar-refractivity contribution in [3.05, 3.63) is 17.6 Å². The first-order chi connectivity index (χ1) is 8.65. The van der Waals surface area contributed by atoms with Crippen LogP contribution in [0.25, 0.3) is 0 Å². The summed E-state index contributed by atoms with van der Waals surface area (Å²) in [6, 6.07) is 0. The zero-order valence-corrected chi connectivity index (χ0v) is 11.9. The van der Waals surface area contributed by atoms with Crippen LogP contribution in [0.15, 0.2) is 6.20 Å². The molecule has 1 aliphatic rings. The summed E-state index contributed by atoms with van der Waals surface area (Å²) in [7, 11) is 0. The average molecular weight is 247 g/mol. The minimum atomic E-state index is 0.903. The smallest absolute Gasteiger partial charge is 0.144 e. The summed E-state index contributed by atoms with van der Waals surface area (Å²) in [5, 5.41) is 3.40. The van der Waals surface area contributed by atoms with Gasteiger partial charge in [-0.15, -0.1) is 0 Å². The van der Waals surface area contributed by atoms with E-state index in [1.165, 1.54) is 32.1 Å². The van der Waals surface area contributed by atoms with Gasteiger partial charge in [-0.2, -0.15) is 0 Å². The maximum Gasteiger partial charge on any atom is 0.144 e. The largest absolute Gasteiger partial charge is 0.369 e. The Kier molecular flexibility index (Phi) is 4.56. The van der Waals surface area contributed by atoms with Crippen LogP contribution in [0.2, 0.25) is 0 Å². The third-order valence-electron chi connectivity index (χ3n) is 4.10. The average Bonchev–Trinajstić information content (AvgIpc) is 2.34. The molecule has 1 fully saturated rings. The molecule has 1 heterocycles. The Bertz CT molecular complexity index is 389. The molecule has 0 aromatic carbocycles. The van der Waals surface area contributed by atoms with Gasteiger partial charge in [0.15, 0.2) is 0 Å². The van der Waals surface area contributed by atoms with Gasteiger partial charge in [-0.05, 0) is 38.5 Å². The molecule has 2 atom stereocenters. The van der Waals surface area contributed by atoms with Gasteiger partial charge in [0.2, 0.25) is 0 Å². The summed E-state index contributed by atoms with van der Waals surface area (Å²) < 4.78 is 0. The normalized spacial score (nSPS) is 23.9. The number of rotatable bonds is 4. The Hall–Kier alpha value is -1.12. The van der Waals surface area contributed by atoms with E-state index in [1.807, 2.05) is 20.0 Å². The van der Waals surface area contributed by atoms with Gasteiger partial charge in [-0.3, -0.25) is 4.98 Å². The summed E-state index contributed by atoms with van der Waals surface area (Å²) in [4.78, 5) is 8.83. The van der Waals surface area contributed by atoms with Crippen LogP contribution >= 0.6 is 0 Å². The molecule has 0 bridgehead atoms. The zero-order chi connectivity index (χ0) is 13.0. The number of nitrogens with zero attached hydrogens (tertiary/aromatic N) is 2. The highest BCUT2D eigenvalue weighted by atomic mass is 15.0. The molecular formula is C15H25N3. The first-order valence-electron chi connectivity index (χ1n) is 7.19. The van der Waals surface area contributed by atoms with E-state index in [0.29, 0.717) is 0 Å². The molecule has 3 heteroatoms. The summed E-state index contributed by atoms with van der Waals surface area (Å²) >= 11 is 0. The van der Waals surface area contributed by atoms with Gasteiger partial charge < -0.3 is 5.32 Å². The third kappa shape index (κ3) is 3.69. The standard InChI is InChI=1S/C15H25N3/c1-11-5-4-6-14(9-11)7-8-16-15-10-17-12(2)13(3)18-15/h10-11,14H,4-9H2,1-3H3,(H,16,18). The van der Waals surface area contributed by atoms with Crippen LogP contribution in [0, 0.1) is 25.7 Å². The molecule has 0 amide bonds. The Morgan fingerprint density at radius 3 is 2.83 bits per heavy atom. The predicted octanol–water partition coefficient (Wildman–Crippen LogP) is 3.72. The van der Waals surface area contributed by atoms with Crippen molar-refractivity contribution < 1.29 is 0 Å². The molecule has 0 radical (unpaired) electrons. The molecule has 0 aliphatic heterocycles. The maximum atomic E-state index is 4.50. The Balaban J connectivity index is 1.76. The highest BCUT2D eigenvalue weighted by molar-refractivity contribution is 5.33. The van der Waals surface area contributed by atoms with Gasteiger partial charge in [0, 0.05) is 6.54 Å². The van der Waals surface area contributed by atoms with E-state index in [4.69, 9.17) is 0 Å². The van der Waals surface area contributed by atoms with Crippen LogP contribution in [-0.2, 0) is 0 Å². The predicted molar refractivity (Wildman–Crippen MR) is 75.7 cm³/mol. The third-order valence-corrected chi connectivity index (χ3v) is 4.10. The lowest BCUT2D eigenvalue weighted by Crippen LogP contribution is -2.17. The van der Waals surface area contributed by atoms with Gasteiger partial charge >= 0.3 is 0 Å². The van der Waals surface area contributed by atoms with E-state index < -0.39 is 0 Å². The molecule has 18 heavy (non-hydrogen) atoms. The van der Waals surface area contributed by atoms with Gasteiger partial charge in [0.25, 0.3) is 0 Å². The zero-order valence-electron chi connectivity index (χ0n) is 11.9. The van der Waals surface area contributed by atoms with E-state index in [9.17, 15) is 0 Å². The fourth-order valence-electron chi connectivity index (χ4n) is 2.85. The molecule has 2 rings (SSSR count). The molecule has 2 unspecified atom stereocenters. The second-order valence-electron chi connectivity index (χ2n) is 5.78. The lowest BCUT2D eigenvalue weighted by Gasteiger charge is -2.26. The van der Waals surface area contributed by atoms with Crippen molar-refractivity contribution in [1.82, 2.24) is 9.97 Å². The highest BCUT2D eigenvalue weighted by Crippen LogP contribution is 2.30. The van der Waals surface area contributed by atoms with Crippen molar-refractivity contribution >= 4 is 5.82 Å². The second kappa shape index (κ2) is 6.17. The van der Waals surface area contributed by atoms with Gasteiger partial charge in [0.05, 0.1) is 17.6 Å². The van der Waals surface area contributed by atoms with Crippen LogP contribution in [-0.4, -0.2) is 16.5 Å². The van der Waals surface area contributed by atoms with Crippen molar-refractivity contribution in [3.8, 4) is 0 Å². The molecule has 3 nitrogen and oxygen atoms in total. The number of anilines is 1. The Labute approximate surface area is 110 Å². The van der Waals surface area contributed by atoms with Gasteiger partial charge in [-0.25, -0.2) is 4.98 Å². The van der Waals surface area contributed by atoms with E-state index in [1.54, 1.807) is 0 Å². The van der Waals surface area contributed by atoms with Crippen molar-refractivity contribution in [1.29, 1.82) is 0 Å². The number of nitrogens with one attached hydrogen (secondary N) is 1. The minimum absolute atomic E-state index is 0.903. The van der Waals surface area contributed by atoms with E-state index in [2.05, 4.69) is 22.2 Å². The minimum Gasteiger partial charge on any atom is -0.369 e. The number of hydrogen-bond acceptors (Lipinski definition) is 3. The summed E-state index contributed by atoms with van der Waals surface area (Å²) in [5.74, 6) is 2.74. The number of hydrogen-bond donors (Lipinski definition) is 1. The van der Waals surface area contributed by atoms with E-state index >= 15 is 0 Å². The maximum absolute atomic E-state index is 4.50. The monoisotopic (exact) mass is 247 g/mol. The van der Waals surface area contributed by atoms with Crippen LogP contribution in [0.4, 0.5) is 5.82 Å². The molecule has 1 aromatic rings. The molecule has 1 aliphatic carbocycles. The number of aryl methyl sites for hydroxylation is 2. The molecular weight excluding hydrogens is 222 g/mol. The van der Waals surface area contributed by atoms with E-state index in [-0.39, 0.29) is 0 Å². The summed E-state index contributed by atoms with van der Waals surface area (Å²) in [6.07, 6.45) is 8.75. The number of aromatic nitrogens is 2. The lowest BCUT2D eigenvalue weighted by molar-refractivity contribution is 0.274. The van der Waals surface area contributed by atoms with Crippen LogP contribution < -0.4 is 5.32 Å². The molecule has 0 saturated heterocycles. The summed E-state index contributed by atoms with van der Waals surface area (Å²) in [6.45, 7) is 7.41. The van der Waals surface area contributed by atoms with Crippen LogP contribution in [0.1, 0.15) is 50.4 Å². The van der Waals surface area contributed by atoms with Crippen LogP contribution in [0.5, 0.6) is 0 Å². The topological polar surface area (TPSA) is 37.8 Å². The summed E-state index contributed by atoms with van der Waals surface area (Å²) in [5.41, 5.74) is 2.04. The molecule has 1 aromatic heterocycles. The molecule has 0 spiro atoms. The van der Waals surface area contributed by atoms with Crippen molar-refractivity contribution in [3.63, 3.8) is 0 Å². The van der Waals surface area contributed by atoms with Crippen molar-refractivity contribution in [2.24, 2.45) is 11.8 Å². The fraction of sp³-hybridized carbons (Fsp3) is 0.733.